The second kappa shape index (κ2) is 3.40. The van der Waals surface area contributed by atoms with Crippen molar-refractivity contribution in [1.29, 1.82) is 0 Å². The molecule has 5 nitrogen and oxygen atoms in total. The van der Waals surface area contributed by atoms with E-state index in [1.54, 1.807) is 4.68 Å². The summed E-state index contributed by atoms with van der Waals surface area (Å²) in [6.07, 6.45) is 4.38. The first-order valence-corrected chi connectivity index (χ1v) is 4.75. The molecule has 5 heteroatoms. The van der Waals surface area contributed by atoms with Crippen LogP contribution in [0.25, 0.3) is 0 Å². The molecule has 0 amide bonds. The number of carbonyl (C=O) groups is 1. The van der Waals surface area contributed by atoms with E-state index in [9.17, 15) is 4.79 Å². The molecule has 1 aromatic rings. The molecule has 2 atom stereocenters. The molecule has 1 N–H and O–H groups in total. The van der Waals surface area contributed by atoms with Gasteiger partial charge in [0.2, 0.25) is 0 Å². The quantitative estimate of drug-likeness (QED) is 0.761. The summed E-state index contributed by atoms with van der Waals surface area (Å²) in [5, 5.41) is 16.6. The topological polar surface area (TPSA) is 68.0 Å². The molecule has 76 valence electrons. The molecule has 14 heavy (non-hydrogen) atoms. The fraction of sp³-hybridized carbons (Fsp3) is 0.667. The molecule has 1 heterocycles. The number of aliphatic carboxylic acids is 1. The van der Waals surface area contributed by atoms with Gasteiger partial charge in [0.15, 0.2) is 0 Å². The molecule has 1 aliphatic rings. The summed E-state index contributed by atoms with van der Waals surface area (Å²) >= 11 is 0. The van der Waals surface area contributed by atoms with E-state index < -0.39 is 5.97 Å². The second-order valence-corrected chi connectivity index (χ2v) is 3.87. The Morgan fingerprint density at radius 3 is 2.93 bits per heavy atom. The van der Waals surface area contributed by atoms with E-state index in [-0.39, 0.29) is 11.8 Å². The maximum absolute atomic E-state index is 10.7. The smallest absolute Gasteiger partial charge is 0.306 e. The Labute approximate surface area is 81.7 Å². The Bertz CT molecular complexity index is 348. The van der Waals surface area contributed by atoms with Gasteiger partial charge in [0.05, 0.1) is 11.6 Å². The van der Waals surface area contributed by atoms with Crippen molar-refractivity contribution in [3.63, 3.8) is 0 Å². The van der Waals surface area contributed by atoms with Gasteiger partial charge in [-0.25, -0.2) is 0 Å². The van der Waals surface area contributed by atoms with Gasteiger partial charge in [0, 0.05) is 13.2 Å². The molecule has 0 saturated heterocycles. The molecule has 2 rings (SSSR count). The van der Waals surface area contributed by atoms with Crippen LogP contribution in [-0.2, 0) is 18.3 Å². The third kappa shape index (κ3) is 1.62. The lowest BCUT2D eigenvalue weighted by Gasteiger charge is -2.32. The number of carboxylic acids is 1. The van der Waals surface area contributed by atoms with Gasteiger partial charge in [0.25, 0.3) is 0 Å². The van der Waals surface area contributed by atoms with E-state index in [1.165, 1.54) is 0 Å². The van der Waals surface area contributed by atoms with E-state index in [0.717, 1.165) is 25.0 Å². The average molecular weight is 195 g/mol. The van der Waals surface area contributed by atoms with Crippen LogP contribution in [0.2, 0.25) is 0 Å². The number of nitrogens with zero attached hydrogens (tertiary/aromatic N) is 3. The fourth-order valence-electron chi connectivity index (χ4n) is 1.90. The molecule has 1 fully saturated rings. The van der Waals surface area contributed by atoms with Crippen molar-refractivity contribution in [3.05, 3.63) is 11.9 Å². The number of hydrogen-bond acceptors (Lipinski definition) is 3. The first kappa shape index (κ1) is 9.18. The van der Waals surface area contributed by atoms with Gasteiger partial charge in [-0.3, -0.25) is 9.48 Å². The third-order valence-electron chi connectivity index (χ3n) is 2.86. The normalized spacial score (nSPS) is 25.8. The highest BCUT2D eigenvalue weighted by Gasteiger charge is 2.36. The maximum atomic E-state index is 10.7. The van der Waals surface area contributed by atoms with Crippen molar-refractivity contribution in [2.45, 2.75) is 19.3 Å². The monoisotopic (exact) mass is 195 g/mol. The zero-order valence-corrected chi connectivity index (χ0v) is 8.05. The number of rotatable bonds is 3. The SMILES string of the molecule is Cn1cc(CC2CCC2C(=O)O)nn1. The average Bonchev–Trinajstić information content (AvgIpc) is 2.44. The first-order valence-electron chi connectivity index (χ1n) is 4.75. The maximum Gasteiger partial charge on any atom is 0.306 e. The molecule has 0 aliphatic heterocycles. The minimum absolute atomic E-state index is 0.169. The second-order valence-electron chi connectivity index (χ2n) is 3.87. The zero-order valence-electron chi connectivity index (χ0n) is 8.05. The van der Waals surface area contributed by atoms with E-state index in [1.807, 2.05) is 13.2 Å². The Morgan fingerprint density at radius 1 is 1.71 bits per heavy atom. The van der Waals surface area contributed by atoms with E-state index in [0.29, 0.717) is 0 Å². The summed E-state index contributed by atoms with van der Waals surface area (Å²) in [7, 11) is 1.81. The highest BCUT2D eigenvalue weighted by molar-refractivity contribution is 5.71. The summed E-state index contributed by atoms with van der Waals surface area (Å²) in [5.41, 5.74) is 0.892. The van der Waals surface area contributed by atoms with Gasteiger partial charge in [-0.1, -0.05) is 5.21 Å². The minimum Gasteiger partial charge on any atom is -0.481 e. The summed E-state index contributed by atoms with van der Waals surface area (Å²) < 4.78 is 1.64. The lowest BCUT2D eigenvalue weighted by Crippen LogP contribution is -2.34. The highest BCUT2D eigenvalue weighted by atomic mass is 16.4. The highest BCUT2D eigenvalue weighted by Crippen LogP contribution is 2.36. The summed E-state index contributed by atoms with van der Waals surface area (Å²) in [6.45, 7) is 0. The molecule has 1 aromatic heterocycles. The Kier molecular flexibility index (Phi) is 2.23. The van der Waals surface area contributed by atoms with Crippen LogP contribution in [0, 0.1) is 11.8 Å². The predicted molar refractivity (Wildman–Crippen MR) is 48.6 cm³/mol. The van der Waals surface area contributed by atoms with Gasteiger partial charge in [-0.15, -0.1) is 5.10 Å². The van der Waals surface area contributed by atoms with Gasteiger partial charge < -0.3 is 5.11 Å². The Hall–Kier alpha value is -1.39. The van der Waals surface area contributed by atoms with E-state index >= 15 is 0 Å². The van der Waals surface area contributed by atoms with E-state index in [2.05, 4.69) is 10.3 Å². The Balaban J connectivity index is 1.95. The predicted octanol–water partition coefficient (Wildman–Crippen LogP) is 0.468. The molecule has 2 unspecified atom stereocenters. The van der Waals surface area contributed by atoms with E-state index in [4.69, 9.17) is 5.11 Å². The Morgan fingerprint density at radius 2 is 2.50 bits per heavy atom. The third-order valence-corrected chi connectivity index (χ3v) is 2.86. The van der Waals surface area contributed by atoms with Crippen molar-refractivity contribution >= 4 is 5.97 Å². The fourth-order valence-corrected chi connectivity index (χ4v) is 1.90. The molecule has 1 saturated carbocycles. The van der Waals surface area contributed by atoms with Crippen LogP contribution in [0.3, 0.4) is 0 Å². The lowest BCUT2D eigenvalue weighted by molar-refractivity contribution is -0.147. The number of hydrogen-bond donors (Lipinski definition) is 1. The molecule has 1 aliphatic carbocycles. The first-order chi connectivity index (χ1) is 6.66. The van der Waals surface area contributed by atoms with Crippen molar-refractivity contribution in [1.82, 2.24) is 15.0 Å². The standard InChI is InChI=1S/C9H13N3O2/c1-12-5-7(10-11-12)4-6-2-3-8(6)9(13)14/h5-6,8H,2-4H2,1H3,(H,13,14). The van der Waals surface area contributed by atoms with Crippen LogP contribution in [0.4, 0.5) is 0 Å². The zero-order chi connectivity index (χ0) is 10.1. The number of carboxylic acid groups (broad SMARTS) is 1. The van der Waals surface area contributed by atoms with Crippen molar-refractivity contribution in [2.24, 2.45) is 18.9 Å². The van der Waals surface area contributed by atoms with Crippen LogP contribution < -0.4 is 0 Å². The van der Waals surface area contributed by atoms with Crippen molar-refractivity contribution in [3.8, 4) is 0 Å². The molecule has 0 aromatic carbocycles. The van der Waals surface area contributed by atoms with Gasteiger partial charge >= 0.3 is 5.97 Å². The van der Waals surface area contributed by atoms with Gasteiger partial charge in [-0.05, 0) is 25.2 Å². The summed E-state index contributed by atoms with van der Waals surface area (Å²) in [6, 6.07) is 0. The molecular weight excluding hydrogens is 182 g/mol. The minimum atomic E-state index is -0.676. The molecule has 0 bridgehead atoms. The lowest BCUT2D eigenvalue weighted by atomic mass is 9.71. The van der Waals surface area contributed by atoms with Crippen LogP contribution in [-0.4, -0.2) is 26.1 Å². The largest absolute Gasteiger partial charge is 0.481 e. The molecule has 0 radical (unpaired) electrons. The van der Waals surface area contributed by atoms with Crippen LogP contribution >= 0.6 is 0 Å². The summed E-state index contributed by atoms with van der Waals surface area (Å²) in [4.78, 5) is 10.7. The van der Waals surface area contributed by atoms with Crippen LogP contribution in [0.1, 0.15) is 18.5 Å². The van der Waals surface area contributed by atoms with Crippen molar-refractivity contribution < 1.29 is 9.90 Å². The number of aromatic nitrogens is 3. The van der Waals surface area contributed by atoms with Gasteiger partial charge in [-0.2, -0.15) is 0 Å². The number of aryl methyl sites for hydroxylation is 1. The molecule has 0 spiro atoms. The van der Waals surface area contributed by atoms with Crippen LogP contribution in [0.15, 0.2) is 6.20 Å². The van der Waals surface area contributed by atoms with Crippen molar-refractivity contribution in [2.75, 3.05) is 0 Å². The van der Waals surface area contributed by atoms with Crippen LogP contribution in [0.5, 0.6) is 0 Å². The molecular formula is C9H13N3O2. The van der Waals surface area contributed by atoms with Gasteiger partial charge in [0.1, 0.15) is 0 Å². The summed E-state index contributed by atoms with van der Waals surface area (Å²) in [5.74, 6) is -0.591.